The molecule has 100 valence electrons. The van der Waals surface area contributed by atoms with Gasteiger partial charge in [0, 0.05) is 12.4 Å². The Hall–Kier alpha value is -2.69. The fourth-order valence-electron chi connectivity index (χ4n) is 2.34. The van der Waals surface area contributed by atoms with Crippen LogP contribution in [0.5, 0.6) is 0 Å². The Balaban J connectivity index is 2.14. The van der Waals surface area contributed by atoms with Crippen LogP contribution in [0.1, 0.15) is 28.9 Å². The minimum Gasteiger partial charge on any atom is -0.478 e. The van der Waals surface area contributed by atoms with Gasteiger partial charge in [-0.3, -0.25) is 4.98 Å². The molecule has 1 unspecified atom stereocenters. The van der Waals surface area contributed by atoms with Crippen LogP contribution < -0.4 is 0 Å². The lowest BCUT2D eigenvalue weighted by Gasteiger charge is -2.14. The molecule has 5 heteroatoms. The van der Waals surface area contributed by atoms with Crippen LogP contribution in [0.25, 0.3) is 11.0 Å². The third-order valence-electron chi connectivity index (χ3n) is 3.44. The van der Waals surface area contributed by atoms with E-state index in [0.29, 0.717) is 5.52 Å². The molecule has 0 saturated carbocycles. The first kappa shape index (κ1) is 12.3. The number of rotatable bonds is 3. The quantitative estimate of drug-likeness (QED) is 0.792. The van der Waals surface area contributed by atoms with E-state index in [1.165, 1.54) is 0 Å². The molecule has 3 aromatic rings. The highest BCUT2D eigenvalue weighted by atomic mass is 16.4. The molecular weight excluding hydrogens is 254 g/mol. The van der Waals surface area contributed by atoms with E-state index in [2.05, 4.69) is 9.97 Å². The number of nitrogens with zero attached hydrogens (tertiary/aromatic N) is 3. The third-order valence-corrected chi connectivity index (χ3v) is 3.44. The van der Waals surface area contributed by atoms with Gasteiger partial charge in [0.1, 0.15) is 5.52 Å². The summed E-state index contributed by atoms with van der Waals surface area (Å²) in [5.74, 6) is -0.961. The molecule has 0 aliphatic heterocycles. The van der Waals surface area contributed by atoms with Gasteiger partial charge in [-0.2, -0.15) is 0 Å². The van der Waals surface area contributed by atoms with Crippen LogP contribution in [0.4, 0.5) is 0 Å². The number of hydrogen-bond acceptors (Lipinski definition) is 3. The van der Waals surface area contributed by atoms with Crippen LogP contribution in [0.15, 0.2) is 49.1 Å². The van der Waals surface area contributed by atoms with Gasteiger partial charge < -0.3 is 9.67 Å². The van der Waals surface area contributed by atoms with Gasteiger partial charge in [-0.15, -0.1) is 0 Å². The summed E-state index contributed by atoms with van der Waals surface area (Å²) in [4.78, 5) is 19.5. The highest BCUT2D eigenvalue weighted by Crippen LogP contribution is 2.24. The molecule has 5 nitrogen and oxygen atoms in total. The Bertz CT molecular complexity index is 765. The molecule has 0 fully saturated rings. The zero-order valence-electron chi connectivity index (χ0n) is 10.9. The normalized spacial score (nSPS) is 12.4. The molecule has 1 aromatic carbocycles. The van der Waals surface area contributed by atoms with Gasteiger partial charge in [0.25, 0.3) is 0 Å². The summed E-state index contributed by atoms with van der Waals surface area (Å²) in [6, 6.07) is 9.14. The Morgan fingerprint density at radius 3 is 2.70 bits per heavy atom. The molecular formula is C15H13N3O2. The SMILES string of the molecule is CC(c1ccncc1)n1cnc2c(C(=O)O)cccc21. The van der Waals surface area contributed by atoms with Crippen molar-refractivity contribution in [2.75, 3.05) is 0 Å². The fraction of sp³-hybridized carbons (Fsp3) is 0.133. The van der Waals surface area contributed by atoms with Crippen molar-refractivity contribution in [1.29, 1.82) is 0 Å². The van der Waals surface area contributed by atoms with Crippen LogP contribution in [0, 0.1) is 0 Å². The van der Waals surface area contributed by atoms with E-state index < -0.39 is 5.97 Å². The van der Waals surface area contributed by atoms with Crippen molar-refractivity contribution in [2.45, 2.75) is 13.0 Å². The molecule has 20 heavy (non-hydrogen) atoms. The van der Waals surface area contributed by atoms with Gasteiger partial charge in [-0.25, -0.2) is 9.78 Å². The third kappa shape index (κ3) is 1.93. The lowest BCUT2D eigenvalue weighted by Crippen LogP contribution is -2.05. The van der Waals surface area contributed by atoms with E-state index in [0.717, 1.165) is 11.1 Å². The van der Waals surface area contributed by atoms with Crippen LogP contribution in [-0.4, -0.2) is 25.6 Å². The number of fused-ring (bicyclic) bond motifs is 1. The number of para-hydroxylation sites is 1. The maximum Gasteiger partial charge on any atom is 0.337 e. The minimum atomic E-state index is -0.961. The monoisotopic (exact) mass is 267 g/mol. The second-order valence-electron chi connectivity index (χ2n) is 4.59. The first-order valence-corrected chi connectivity index (χ1v) is 6.27. The van der Waals surface area contributed by atoms with E-state index in [1.807, 2.05) is 29.7 Å². The highest BCUT2D eigenvalue weighted by molar-refractivity contribution is 6.00. The summed E-state index contributed by atoms with van der Waals surface area (Å²) in [6.45, 7) is 2.05. The van der Waals surface area contributed by atoms with E-state index in [9.17, 15) is 9.90 Å². The lowest BCUT2D eigenvalue weighted by molar-refractivity contribution is 0.0699. The van der Waals surface area contributed by atoms with Gasteiger partial charge in [-0.05, 0) is 36.8 Å². The maximum absolute atomic E-state index is 11.2. The van der Waals surface area contributed by atoms with Gasteiger partial charge in [0.15, 0.2) is 0 Å². The van der Waals surface area contributed by atoms with Crippen LogP contribution in [0.3, 0.4) is 0 Å². The molecule has 0 amide bonds. The maximum atomic E-state index is 11.2. The number of aromatic nitrogens is 3. The molecule has 0 saturated heterocycles. The molecule has 2 heterocycles. The number of carboxylic acid groups (broad SMARTS) is 1. The summed E-state index contributed by atoms with van der Waals surface area (Å²) in [7, 11) is 0. The smallest absolute Gasteiger partial charge is 0.337 e. The molecule has 0 radical (unpaired) electrons. The molecule has 0 aliphatic rings. The molecule has 0 spiro atoms. The molecule has 3 rings (SSSR count). The lowest BCUT2D eigenvalue weighted by atomic mass is 10.1. The Kier molecular flexibility index (Phi) is 2.95. The summed E-state index contributed by atoms with van der Waals surface area (Å²) >= 11 is 0. The predicted molar refractivity (Wildman–Crippen MR) is 74.7 cm³/mol. The second-order valence-corrected chi connectivity index (χ2v) is 4.59. The summed E-state index contributed by atoms with van der Waals surface area (Å²) in [6.07, 6.45) is 5.17. The summed E-state index contributed by atoms with van der Waals surface area (Å²) in [5, 5.41) is 9.19. The molecule has 0 bridgehead atoms. The largest absolute Gasteiger partial charge is 0.478 e. The standard InChI is InChI=1S/C15H13N3O2/c1-10(11-5-7-16-8-6-11)18-9-17-14-12(15(19)20)3-2-4-13(14)18/h2-10H,1H3,(H,19,20). The number of carboxylic acids is 1. The van der Waals surface area contributed by atoms with Gasteiger partial charge in [0.05, 0.1) is 23.4 Å². The fourth-order valence-corrected chi connectivity index (χ4v) is 2.34. The predicted octanol–water partition coefficient (Wildman–Crippen LogP) is 2.74. The van der Waals surface area contributed by atoms with Gasteiger partial charge in [0.2, 0.25) is 0 Å². The Morgan fingerprint density at radius 2 is 2.00 bits per heavy atom. The van der Waals surface area contributed by atoms with E-state index >= 15 is 0 Å². The van der Waals surface area contributed by atoms with Crippen molar-refractivity contribution in [3.8, 4) is 0 Å². The zero-order valence-corrected chi connectivity index (χ0v) is 10.9. The summed E-state index contributed by atoms with van der Waals surface area (Å²) in [5.41, 5.74) is 2.65. The first-order valence-electron chi connectivity index (χ1n) is 6.27. The molecule has 1 atom stereocenters. The van der Waals surface area contributed by atoms with Crippen molar-refractivity contribution < 1.29 is 9.90 Å². The minimum absolute atomic E-state index is 0.0621. The van der Waals surface area contributed by atoms with Gasteiger partial charge in [-0.1, -0.05) is 6.07 Å². The van der Waals surface area contributed by atoms with Crippen LogP contribution >= 0.6 is 0 Å². The number of imidazole rings is 1. The second kappa shape index (κ2) is 4.77. The van der Waals surface area contributed by atoms with E-state index in [-0.39, 0.29) is 11.6 Å². The van der Waals surface area contributed by atoms with Crippen molar-refractivity contribution in [3.05, 3.63) is 60.2 Å². The Labute approximate surface area is 115 Å². The highest BCUT2D eigenvalue weighted by Gasteiger charge is 2.15. The van der Waals surface area contributed by atoms with Crippen LogP contribution in [-0.2, 0) is 0 Å². The zero-order chi connectivity index (χ0) is 14.1. The first-order chi connectivity index (χ1) is 9.68. The van der Waals surface area contributed by atoms with Crippen LogP contribution in [0.2, 0.25) is 0 Å². The molecule has 2 aromatic heterocycles. The number of aromatic carboxylic acids is 1. The van der Waals surface area contributed by atoms with Gasteiger partial charge >= 0.3 is 5.97 Å². The average molecular weight is 267 g/mol. The van der Waals surface area contributed by atoms with Crippen molar-refractivity contribution >= 4 is 17.0 Å². The molecule has 1 N–H and O–H groups in total. The topological polar surface area (TPSA) is 68.0 Å². The molecule has 0 aliphatic carbocycles. The van der Waals surface area contributed by atoms with E-state index in [1.54, 1.807) is 30.9 Å². The van der Waals surface area contributed by atoms with Crippen molar-refractivity contribution in [1.82, 2.24) is 14.5 Å². The number of hydrogen-bond donors (Lipinski definition) is 1. The summed E-state index contributed by atoms with van der Waals surface area (Å²) < 4.78 is 1.97. The van der Waals surface area contributed by atoms with Crippen molar-refractivity contribution in [3.63, 3.8) is 0 Å². The Morgan fingerprint density at radius 1 is 1.25 bits per heavy atom. The van der Waals surface area contributed by atoms with Crippen molar-refractivity contribution in [2.24, 2.45) is 0 Å². The average Bonchev–Trinajstić information content (AvgIpc) is 2.91. The number of benzene rings is 1. The van der Waals surface area contributed by atoms with E-state index in [4.69, 9.17) is 0 Å². The number of carbonyl (C=O) groups is 1. The number of pyridine rings is 1.